The molecule has 0 fully saturated rings. The van der Waals surface area contributed by atoms with Crippen molar-refractivity contribution in [1.29, 1.82) is 0 Å². The largest absolute Gasteiger partial charge is 0.508 e. The van der Waals surface area contributed by atoms with Crippen LogP contribution in [0.3, 0.4) is 0 Å². The zero-order valence-electron chi connectivity index (χ0n) is 25.4. The first kappa shape index (κ1) is 34.1. The normalized spacial score (nSPS) is 13.7. The molecule has 0 radical (unpaired) electrons. The lowest BCUT2D eigenvalue weighted by atomic mass is 10.0. The number of carboxylic acid groups (broad SMARTS) is 1. The number of nitrogens with two attached hydrogens (primary N) is 1. The number of aromatic hydroxyl groups is 1. The number of nitrogens with one attached hydrogen (secondary N) is 4. The molecule has 242 valence electrons. The Labute approximate surface area is 271 Å². The number of H-pyrrole nitrogens is 1. The van der Waals surface area contributed by atoms with Gasteiger partial charge in [-0.2, -0.15) is 11.8 Å². The van der Waals surface area contributed by atoms with Crippen LogP contribution in [0.2, 0.25) is 0 Å². The fourth-order valence-electron chi connectivity index (χ4n) is 5.06. The third-order valence-corrected chi connectivity index (χ3v) is 8.25. The van der Waals surface area contributed by atoms with Gasteiger partial charge < -0.3 is 36.9 Å². The molecule has 4 rings (SSSR count). The third-order valence-electron chi connectivity index (χ3n) is 7.61. The molecule has 4 atom stereocenters. The van der Waals surface area contributed by atoms with Crippen molar-refractivity contribution >= 4 is 46.4 Å². The van der Waals surface area contributed by atoms with Crippen molar-refractivity contribution in [3.63, 3.8) is 0 Å². The number of carbonyl (C=O) groups excluding carboxylic acids is 3. The van der Waals surface area contributed by atoms with Crippen LogP contribution in [-0.2, 0) is 38.4 Å². The lowest BCUT2D eigenvalue weighted by molar-refractivity contribution is -0.142. The number of fused-ring (bicyclic) bond motifs is 1. The molecule has 0 aliphatic carbocycles. The number of aromatic nitrogens is 1. The topological polar surface area (TPSA) is 187 Å². The summed E-state index contributed by atoms with van der Waals surface area (Å²) in [5.74, 6) is -2.37. The number of para-hydroxylation sites is 1. The van der Waals surface area contributed by atoms with Crippen LogP contribution in [0.15, 0.2) is 85.1 Å². The lowest BCUT2D eigenvalue weighted by Gasteiger charge is -2.25. The van der Waals surface area contributed by atoms with Crippen LogP contribution in [-0.4, -0.2) is 75.1 Å². The van der Waals surface area contributed by atoms with Gasteiger partial charge in [0, 0.05) is 36.4 Å². The van der Waals surface area contributed by atoms with E-state index in [2.05, 4.69) is 20.9 Å². The lowest BCUT2D eigenvalue weighted by Crippen LogP contribution is -2.58. The Morgan fingerprint density at radius 3 is 1.96 bits per heavy atom. The third kappa shape index (κ3) is 9.59. The van der Waals surface area contributed by atoms with Gasteiger partial charge in [0.1, 0.15) is 23.9 Å². The van der Waals surface area contributed by atoms with Crippen molar-refractivity contribution in [2.24, 2.45) is 5.73 Å². The number of amides is 3. The standard InChI is InChI=1S/C34H39N5O6S/c1-46-16-15-26(35)31(41)37-28(17-21-7-3-2-4-8-21)32(42)38-29(18-22-11-13-24(40)14-12-22)33(43)39-30(34(44)45)19-23-20-36-27-10-6-5-9-25(23)27/h2-14,20,26,28-30,36,40H,15-19,35H2,1H3,(H,37,41)(H,38,42)(H,39,43)(H,44,45). The zero-order valence-corrected chi connectivity index (χ0v) is 26.3. The number of hydrogen-bond donors (Lipinski definition) is 7. The number of thioether (sulfide) groups is 1. The molecule has 0 saturated carbocycles. The molecule has 11 nitrogen and oxygen atoms in total. The van der Waals surface area contributed by atoms with Gasteiger partial charge in [-0.15, -0.1) is 0 Å². The highest BCUT2D eigenvalue weighted by molar-refractivity contribution is 7.98. The minimum atomic E-state index is -1.29. The van der Waals surface area contributed by atoms with Crippen LogP contribution in [0, 0.1) is 0 Å². The summed E-state index contributed by atoms with van der Waals surface area (Å²) in [6.45, 7) is 0. The molecule has 0 saturated heterocycles. The molecule has 0 bridgehead atoms. The fourth-order valence-corrected chi connectivity index (χ4v) is 5.55. The summed E-state index contributed by atoms with van der Waals surface area (Å²) in [5.41, 5.74) is 9.03. The molecule has 3 amide bonds. The van der Waals surface area contributed by atoms with Gasteiger partial charge in [0.05, 0.1) is 6.04 Å². The van der Waals surface area contributed by atoms with E-state index in [1.807, 2.05) is 60.9 Å². The van der Waals surface area contributed by atoms with Gasteiger partial charge in [-0.25, -0.2) is 4.79 Å². The van der Waals surface area contributed by atoms with Crippen molar-refractivity contribution in [2.75, 3.05) is 12.0 Å². The summed E-state index contributed by atoms with van der Waals surface area (Å²) in [6, 6.07) is 18.3. The molecular formula is C34H39N5O6S. The van der Waals surface area contributed by atoms with Gasteiger partial charge in [-0.3, -0.25) is 14.4 Å². The molecule has 4 unspecified atom stereocenters. The van der Waals surface area contributed by atoms with E-state index in [4.69, 9.17) is 5.73 Å². The van der Waals surface area contributed by atoms with E-state index in [-0.39, 0.29) is 25.0 Å². The van der Waals surface area contributed by atoms with Crippen molar-refractivity contribution in [2.45, 2.75) is 49.9 Å². The van der Waals surface area contributed by atoms with E-state index < -0.39 is 47.9 Å². The second-order valence-electron chi connectivity index (χ2n) is 11.0. The Hall–Kier alpha value is -4.81. The number of hydrogen-bond acceptors (Lipinski definition) is 7. The first-order chi connectivity index (χ1) is 22.1. The van der Waals surface area contributed by atoms with E-state index >= 15 is 0 Å². The molecule has 4 aromatic rings. The zero-order chi connectivity index (χ0) is 33.1. The van der Waals surface area contributed by atoms with Crippen LogP contribution in [0.25, 0.3) is 10.9 Å². The van der Waals surface area contributed by atoms with Gasteiger partial charge in [0.15, 0.2) is 0 Å². The predicted octanol–water partition coefficient (Wildman–Crippen LogP) is 2.52. The number of aliphatic carboxylic acids is 1. The average molecular weight is 646 g/mol. The molecular weight excluding hydrogens is 606 g/mol. The maximum absolute atomic E-state index is 13.8. The van der Waals surface area contributed by atoms with Crippen LogP contribution in [0.1, 0.15) is 23.1 Å². The minimum absolute atomic E-state index is 0.00345. The van der Waals surface area contributed by atoms with Crippen molar-refractivity contribution in [1.82, 2.24) is 20.9 Å². The smallest absolute Gasteiger partial charge is 0.326 e. The number of rotatable bonds is 16. The van der Waals surface area contributed by atoms with Gasteiger partial charge in [0.25, 0.3) is 0 Å². The SMILES string of the molecule is CSCCC(N)C(=O)NC(Cc1ccccc1)C(=O)NC(Cc1ccc(O)cc1)C(=O)NC(Cc1c[nH]c2ccccc12)C(=O)O. The second-order valence-corrected chi connectivity index (χ2v) is 12.0. The van der Waals surface area contributed by atoms with Gasteiger partial charge in [-0.05, 0) is 53.3 Å². The second kappa shape index (κ2) is 16.5. The Kier molecular flexibility index (Phi) is 12.2. The number of benzene rings is 3. The molecule has 0 spiro atoms. The molecule has 0 aliphatic heterocycles. The molecule has 1 aromatic heterocycles. The van der Waals surface area contributed by atoms with Gasteiger partial charge in [0.2, 0.25) is 17.7 Å². The van der Waals surface area contributed by atoms with E-state index in [0.717, 1.165) is 16.5 Å². The highest BCUT2D eigenvalue weighted by atomic mass is 32.2. The van der Waals surface area contributed by atoms with Crippen LogP contribution < -0.4 is 21.7 Å². The molecule has 8 N–H and O–H groups in total. The molecule has 46 heavy (non-hydrogen) atoms. The van der Waals surface area contributed by atoms with Gasteiger partial charge in [-0.1, -0.05) is 60.7 Å². The van der Waals surface area contributed by atoms with E-state index in [1.54, 1.807) is 30.1 Å². The predicted molar refractivity (Wildman–Crippen MR) is 178 cm³/mol. The first-order valence-electron chi connectivity index (χ1n) is 14.9. The Morgan fingerprint density at radius 2 is 1.33 bits per heavy atom. The maximum atomic E-state index is 13.8. The summed E-state index contributed by atoms with van der Waals surface area (Å²) in [4.78, 5) is 55.9. The number of carboxylic acids is 1. The highest BCUT2D eigenvalue weighted by Gasteiger charge is 2.31. The first-order valence-corrected chi connectivity index (χ1v) is 16.3. The molecule has 1 heterocycles. The maximum Gasteiger partial charge on any atom is 0.326 e. The fraction of sp³-hybridized carbons (Fsp3) is 0.294. The van der Waals surface area contributed by atoms with Crippen LogP contribution in [0.4, 0.5) is 0 Å². The number of aromatic amines is 1. The number of phenols is 1. The Bertz CT molecular complexity index is 1630. The molecule has 0 aliphatic rings. The summed E-state index contributed by atoms with van der Waals surface area (Å²) in [5, 5.41) is 28.7. The Balaban J connectivity index is 1.57. The van der Waals surface area contributed by atoms with E-state index in [1.165, 1.54) is 12.1 Å². The number of phenolic OH excluding ortho intramolecular Hbond substituents is 1. The van der Waals surface area contributed by atoms with Crippen molar-refractivity contribution in [3.8, 4) is 5.75 Å². The summed E-state index contributed by atoms with van der Waals surface area (Å²) in [7, 11) is 0. The molecule has 3 aromatic carbocycles. The summed E-state index contributed by atoms with van der Waals surface area (Å²) >= 11 is 1.55. The van der Waals surface area contributed by atoms with Crippen LogP contribution >= 0.6 is 11.8 Å². The average Bonchev–Trinajstić information content (AvgIpc) is 3.46. The molecule has 12 heteroatoms. The van der Waals surface area contributed by atoms with Crippen molar-refractivity contribution < 1.29 is 29.4 Å². The van der Waals surface area contributed by atoms with Gasteiger partial charge >= 0.3 is 5.97 Å². The minimum Gasteiger partial charge on any atom is -0.508 e. The summed E-state index contributed by atoms with van der Waals surface area (Å²) < 4.78 is 0. The van der Waals surface area contributed by atoms with Crippen molar-refractivity contribution in [3.05, 3.63) is 102 Å². The number of carbonyl (C=O) groups is 4. The van der Waals surface area contributed by atoms with E-state index in [0.29, 0.717) is 23.3 Å². The quantitative estimate of drug-likeness (QED) is 0.0969. The Morgan fingerprint density at radius 1 is 0.761 bits per heavy atom. The van der Waals surface area contributed by atoms with Crippen LogP contribution in [0.5, 0.6) is 5.75 Å². The monoisotopic (exact) mass is 645 g/mol. The summed E-state index contributed by atoms with van der Waals surface area (Å²) in [6.07, 6.45) is 4.18. The van der Waals surface area contributed by atoms with E-state index in [9.17, 15) is 29.4 Å². The highest BCUT2D eigenvalue weighted by Crippen LogP contribution is 2.19.